The molecular formula is C18H23N3O4. The van der Waals surface area contributed by atoms with Gasteiger partial charge in [0, 0.05) is 24.5 Å². The first-order valence-electron chi connectivity index (χ1n) is 7.89. The Balaban J connectivity index is 1.93. The van der Waals surface area contributed by atoms with Gasteiger partial charge in [-0.25, -0.2) is 4.79 Å². The number of carbonyl (C=O) groups excluding carboxylic acids is 1. The van der Waals surface area contributed by atoms with E-state index in [4.69, 9.17) is 9.47 Å². The number of ether oxygens (including phenoxy) is 2. The molecule has 7 heteroatoms. The number of methoxy groups -OCH3 is 2. The van der Waals surface area contributed by atoms with Crippen molar-refractivity contribution in [3.05, 3.63) is 53.9 Å². The van der Waals surface area contributed by atoms with Crippen molar-refractivity contribution in [2.75, 3.05) is 20.8 Å². The number of hydrogen-bond acceptors (Lipinski definition) is 5. The topological polar surface area (TPSA) is 92.7 Å². The maximum absolute atomic E-state index is 12.0. The fraction of sp³-hybridized carbons (Fsp3) is 0.333. The van der Waals surface area contributed by atoms with Crippen LogP contribution in [0.2, 0.25) is 0 Å². The molecule has 1 aromatic heterocycles. The van der Waals surface area contributed by atoms with Crippen LogP contribution in [-0.4, -0.2) is 36.9 Å². The molecule has 1 heterocycles. The van der Waals surface area contributed by atoms with Gasteiger partial charge in [-0.15, -0.1) is 0 Å². The van der Waals surface area contributed by atoms with Crippen molar-refractivity contribution in [2.24, 2.45) is 0 Å². The van der Waals surface area contributed by atoms with Crippen LogP contribution in [0.25, 0.3) is 0 Å². The predicted molar refractivity (Wildman–Crippen MR) is 93.7 cm³/mol. The van der Waals surface area contributed by atoms with Crippen LogP contribution in [0.5, 0.6) is 11.5 Å². The van der Waals surface area contributed by atoms with Crippen LogP contribution in [0.1, 0.15) is 30.2 Å². The largest absolute Gasteiger partial charge is 0.497 e. The Morgan fingerprint density at radius 2 is 2.08 bits per heavy atom. The molecule has 0 radical (unpaired) electrons. The molecule has 7 nitrogen and oxygen atoms in total. The fourth-order valence-electron chi connectivity index (χ4n) is 2.36. The van der Waals surface area contributed by atoms with Crippen LogP contribution in [0.3, 0.4) is 0 Å². The maximum atomic E-state index is 12.0. The number of carbonyl (C=O) groups is 1. The second kappa shape index (κ2) is 8.89. The van der Waals surface area contributed by atoms with Crippen molar-refractivity contribution in [1.29, 1.82) is 0 Å². The highest BCUT2D eigenvalue weighted by Crippen LogP contribution is 2.29. The molecule has 0 spiro atoms. The Morgan fingerprint density at radius 1 is 1.28 bits per heavy atom. The van der Waals surface area contributed by atoms with Crippen molar-refractivity contribution in [1.82, 2.24) is 15.6 Å². The van der Waals surface area contributed by atoms with Crippen molar-refractivity contribution >= 4 is 6.03 Å². The van der Waals surface area contributed by atoms with Gasteiger partial charge in [0.2, 0.25) is 0 Å². The Hall–Kier alpha value is -2.80. The maximum Gasteiger partial charge on any atom is 0.315 e. The highest BCUT2D eigenvalue weighted by molar-refractivity contribution is 5.74. The summed E-state index contributed by atoms with van der Waals surface area (Å²) in [5.74, 6) is 1.13. The van der Waals surface area contributed by atoms with Crippen molar-refractivity contribution in [2.45, 2.75) is 19.1 Å². The average Bonchev–Trinajstić information content (AvgIpc) is 2.66. The van der Waals surface area contributed by atoms with E-state index in [0.29, 0.717) is 17.1 Å². The van der Waals surface area contributed by atoms with Crippen LogP contribution in [0.15, 0.2) is 42.7 Å². The summed E-state index contributed by atoms with van der Waals surface area (Å²) in [5.41, 5.74) is 1.44. The summed E-state index contributed by atoms with van der Waals surface area (Å²) in [7, 11) is 3.07. The number of amides is 2. The molecule has 0 saturated heterocycles. The smallest absolute Gasteiger partial charge is 0.315 e. The summed E-state index contributed by atoms with van der Waals surface area (Å²) in [6.07, 6.45) is 2.44. The van der Waals surface area contributed by atoms with Gasteiger partial charge in [0.15, 0.2) is 0 Å². The molecule has 134 valence electrons. The number of nitrogens with zero attached hydrogens (tertiary/aromatic N) is 1. The van der Waals surface area contributed by atoms with Crippen LogP contribution < -0.4 is 20.1 Å². The number of nitrogens with one attached hydrogen (secondary N) is 2. The van der Waals surface area contributed by atoms with Crippen LogP contribution in [-0.2, 0) is 0 Å². The molecule has 0 bridgehead atoms. The van der Waals surface area contributed by atoms with E-state index in [1.165, 1.54) is 7.11 Å². The van der Waals surface area contributed by atoms with Gasteiger partial charge < -0.3 is 25.2 Å². The molecule has 0 saturated carbocycles. The standard InChI is InChI=1S/C18H23N3O4/c1-12(13-5-4-8-19-10-13)21-18(23)20-11-16(22)15-9-14(24-2)6-7-17(15)25-3/h4-10,12,16,22H,11H2,1-3H3,(H2,20,21,23)/t12-,16+/m1/s1. The normalized spacial score (nSPS) is 12.8. The van der Waals surface area contributed by atoms with E-state index in [1.807, 2.05) is 19.1 Å². The van der Waals surface area contributed by atoms with E-state index >= 15 is 0 Å². The number of hydrogen-bond donors (Lipinski definition) is 3. The van der Waals surface area contributed by atoms with Gasteiger partial charge in [0.25, 0.3) is 0 Å². The van der Waals surface area contributed by atoms with Gasteiger partial charge >= 0.3 is 6.03 Å². The second-order valence-electron chi connectivity index (χ2n) is 5.49. The number of pyridine rings is 1. The molecule has 2 aromatic rings. The molecule has 0 aliphatic carbocycles. The second-order valence-corrected chi connectivity index (χ2v) is 5.49. The molecular weight excluding hydrogens is 322 g/mol. The third kappa shape index (κ3) is 5.09. The minimum absolute atomic E-state index is 0.0368. The fourth-order valence-corrected chi connectivity index (χ4v) is 2.36. The highest BCUT2D eigenvalue weighted by Gasteiger charge is 2.16. The third-order valence-corrected chi connectivity index (χ3v) is 3.78. The first kappa shape index (κ1) is 18.5. The molecule has 0 aliphatic rings. The minimum Gasteiger partial charge on any atom is -0.497 e. The van der Waals surface area contributed by atoms with Gasteiger partial charge in [0.05, 0.1) is 20.3 Å². The summed E-state index contributed by atoms with van der Waals surface area (Å²) in [6.45, 7) is 1.90. The highest BCUT2D eigenvalue weighted by atomic mass is 16.5. The summed E-state index contributed by atoms with van der Waals surface area (Å²) in [4.78, 5) is 16.1. The van der Waals surface area contributed by atoms with Gasteiger partial charge in [-0.1, -0.05) is 6.07 Å². The molecule has 3 N–H and O–H groups in total. The summed E-state index contributed by atoms with van der Waals surface area (Å²) in [6, 6.07) is 8.25. The molecule has 2 amide bonds. The van der Waals surface area contributed by atoms with Gasteiger partial charge in [-0.05, 0) is 36.8 Å². The summed E-state index contributed by atoms with van der Waals surface area (Å²) in [5, 5.41) is 15.8. The number of rotatable bonds is 7. The van der Waals surface area contributed by atoms with Crippen LogP contribution in [0.4, 0.5) is 4.79 Å². The molecule has 25 heavy (non-hydrogen) atoms. The predicted octanol–water partition coefficient (Wildman–Crippen LogP) is 2.19. The van der Waals surface area contributed by atoms with E-state index in [-0.39, 0.29) is 18.6 Å². The molecule has 2 rings (SSSR count). The molecule has 1 aromatic carbocycles. The minimum atomic E-state index is -0.926. The van der Waals surface area contributed by atoms with Crippen molar-refractivity contribution < 1.29 is 19.4 Å². The number of benzene rings is 1. The van der Waals surface area contributed by atoms with Crippen LogP contribution in [0, 0.1) is 0 Å². The zero-order chi connectivity index (χ0) is 18.2. The van der Waals surface area contributed by atoms with E-state index < -0.39 is 6.10 Å². The Kier molecular flexibility index (Phi) is 6.59. The average molecular weight is 345 g/mol. The first-order chi connectivity index (χ1) is 12.0. The lowest BCUT2D eigenvalue weighted by molar-refractivity contribution is 0.168. The number of aliphatic hydroxyl groups excluding tert-OH is 1. The Bertz CT molecular complexity index is 694. The van der Waals surface area contributed by atoms with E-state index in [0.717, 1.165) is 5.56 Å². The lowest BCUT2D eigenvalue weighted by Gasteiger charge is -2.18. The van der Waals surface area contributed by atoms with E-state index in [1.54, 1.807) is 37.7 Å². The molecule has 2 atom stereocenters. The SMILES string of the molecule is COc1ccc(OC)c([C@@H](O)CNC(=O)N[C@H](C)c2cccnc2)c1. The van der Waals surface area contributed by atoms with Gasteiger partial charge in [-0.2, -0.15) is 0 Å². The lowest BCUT2D eigenvalue weighted by Crippen LogP contribution is -2.39. The Labute approximate surface area is 147 Å². The third-order valence-electron chi connectivity index (χ3n) is 3.78. The van der Waals surface area contributed by atoms with Gasteiger partial charge in [-0.3, -0.25) is 4.98 Å². The van der Waals surface area contributed by atoms with E-state index in [2.05, 4.69) is 15.6 Å². The Morgan fingerprint density at radius 3 is 2.72 bits per heavy atom. The van der Waals surface area contributed by atoms with Crippen molar-refractivity contribution in [3.8, 4) is 11.5 Å². The monoisotopic (exact) mass is 345 g/mol. The zero-order valence-electron chi connectivity index (χ0n) is 14.5. The summed E-state index contributed by atoms with van der Waals surface area (Å²) >= 11 is 0. The quantitative estimate of drug-likeness (QED) is 0.715. The first-order valence-corrected chi connectivity index (χ1v) is 7.89. The number of aromatic nitrogens is 1. The molecule has 0 aliphatic heterocycles. The van der Waals surface area contributed by atoms with Crippen molar-refractivity contribution in [3.63, 3.8) is 0 Å². The molecule has 0 fully saturated rings. The summed E-state index contributed by atoms with van der Waals surface area (Å²) < 4.78 is 10.4. The van der Waals surface area contributed by atoms with Gasteiger partial charge in [0.1, 0.15) is 17.6 Å². The van der Waals surface area contributed by atoms with E-state index in [9.17, 15) is 9.90 Å². The lowest BCUT2D eigenvalue weighted by atomic mass is 10.1. The number of aliphatic hydroxyl groups is 1. The molecule has 0 unspecified atom stereocenters. The van der Waals surface area contributed by atoms with Crippen LogP contribution >= 0.6 is 0 Å². The number of urea groups is 1. The zero-order valence-corrected chi connectivity index (χ0v) is 14.5.